The third-order valence-electron chi connectivity index (χ3n) is 2.31. The number of carbonyl (C=O) groups is 1. The molecular formula is C9H12O6. The number of carbonyl (C=O) groups excluding carboxylic acids is 1. The molecule has 2 N–H and O–H groups in total. The van der Waals surface area contributed by atoms with Crippen LogP contribution in [-0.4, -0.2) is 40.8 Å². The summed E-state index contributed by atoms with van der Waals surface area (Å²) in [5.41, 5.74) is 0. The Kier molecular flexibility index (Phi) is 2.13. The van der Waals surface area contributed by atoms with Gasteiger partial charge in [-0.1, -0.05) is 0 Å². The van der Waals surface area contributed by atoms with Crippen LogP contribution in [0.25, 0.3) is 0 Å². The molecule has 0 amide bonds. The smallest absolute Gasteiger partial charge is 0.377 e. The van der Waals surface area contributed by atoms with Crippen molar-refractivity contribution in [2.75, 3.05) is 6.61 Å². The van der Waals surface area contributed by atoms with Crippen molar-refractivity contribution in [3.63, 3.8) is 0 Å². The molecule has 84 valence electrons. The van der Waals surface area contributed by atoms with E-state index in [-0.39, 0.29) is 6.61 Å². The van der Waals surface area contributed by atoms with Crippen LogP contribution in [0.2, 0.25) is 0 Å². The van der Waals surface area contributed by atoms with Gasteiger partial charge in [0.05, 0.1) is 6.61 Å². The van der Waals surface area contributed by atoms with Gasteiger partial charge in [-0.3, -0.25) is 0 Å². The molecule has 0 aromatic rings. The van der Waals surface area contributed by atoms with Gasteiger partial charge in [0.2, 0.25) is 5.76 Å². The summed E-state index contributed by atoms with van der Waals surface area (Å²) in [6.07, 6.45) is -1.56. The van der Waals surface area contributed by atoms with Gasteiger partial charge >= 0.3 is 5.97 Å². The van der Waals surface area contributed by atoms with Crippen molar-refractivity contribution in [2.45, 2.75) is 31.8 Å². The van der Waals surface area contributed by atoms with E-state index in [9.17, 15) is 9.90 Å². The van der Waals surface area contributed by atoms with Crippen molar-refractivity contribution in [3.05, 3.63) is 11.5 Å². The Labute approximate surface area is 86.0 Å². The van der Waals surface area contributed by atoms with Crippen LogP contribution in [0.5, 0.6) is 0 Å². The zero-order chi connectivity index (χ0) is 11.2. The average Bonchev–Trinajstić information content (AvgIpc) is 2.62. The highest BCUT2D eigenvalue weighted by Gasteiger charge is 2.46. The van der Waals surface area contributed by atoms with Gasteiger partial charge in [0.15, 0.2) is 17.7 Å². The monoisotopic (exact) mass is 216 g/mol. The summed E-state index contributed by atoms with van der Waals surface area (Å²) in [7, 11) is 0. The average molecular weight is 216 g/mol. The normalized spacial score (nSPS) is 34.7. The van der Waals surface area contributed by atoms with Crippen molar-refractivity contribution < 1.29 is 29.2 Å². The van der Waals surface area contributed by atoms with Crippen molar-refractivity contribution in [3.8, 4) is 0 Å². The highest BCUT2D eigenvalue weighted by Crippen LogP contribution is 2.31. The number of esters is 1. The summed E-state index contributed by atoms with van der Waals surface area (Å²) in [5.74, 6) is -2.96. The first-order chi connectivity index (χ1) is 6.91. The fourth-order valence-electron chi connectivity index (χ4n) is 1.58. The molecule has 2 rings (SSSR count). The van der Waals surface area contributed by atoms with Crippen LogP contribution in [0.3, 0.4) is 0 Å². The molecule has 2 unspecified atom stereocenters. The van der Waals surface area contributed by atoms with Gasteiger partial charge in [0.1, 0.15) is 6.10 Å². The van der Waals surface area contributed by atoms with Crippen LogP contribution in [0, 0.1) is 0 Å². The predicted molar refractivity (Wildman–Crippen MR) is 47.1 cm³/mol. The van der Waals surface area contributed by atoms with Gasteiger partial charge in [-0.15, -0.1) is 0 Å². The number of hydrogen-bond acceptors (Lipinski definition) is 6. The molecule has 6 nitrogen and oxygen atoms in total. The number of aliphatic hydroxyl groups excluding tert-OH is 2. The lowest BCUT2D eigenvalue weighted by molar-refractivity contribution is -0.163. The maximum Gasteiger partial charge on any atom is 0.377 e. The fourth-order valence-corrected chi connectivity index (χ4v) is 1.58. The molecule has 0 spiro atoms. The Morgan fingerprint density at radius 1 is 1.40 bits per heavy atom. The molecule has 2 heterocycles. The third-order valence-corrected chi connectivity index (χ3v) is 2.31. The minimum absolute atomic E-state index is 0.197. The summed E-state index contributed by atoms with van der Waals surface area (Å²) in [6, 6.07) is 0. The highest BCUT2D eigenvalue weighted by molar-refractivity contribution is 5.89. The van der Waals surface area contributed by atoms with E-state index in [0.29, 0.717) is 0 Å². The van der Waals surface area contributed by atoms with E-state index >= 15 is 0 Å². The largest absolute Gasteiger partial charge is 0.505 e. The maximum absolute atomic E-state index is 10.9. The lowest BCUT2D eigenvalue weighted by Crippen LogP contribution is -2.32. The Bertz CT molecular complexity index is 331. The summed E-state index contributed by atoms with van der Waals surface area (Å²) >= 11 is 0. The van der Waals surface area contributed by atoms with Gasteiger partial charge in [-0.25, -0.2) is 4.79 Å². The van der Waals surface area contributed by atoms with Gasteiger partial charge in [0.25, 0.3) is 0 Å². The zero-order valence-corrected chi connectivity index (χ0v) is 8.39. The first-order valence-electron chi connectivity index (χ1n) is 4.55. The number of hydrogen-bond donors (Lipinski definition) is 2. The van der Waals surface area contributed by atoms with Crippen LogP contribution in [-0.2, 0) is 19.0 Å². The molecule has 1 saturated heterocycles. The molecule has 2 aliphatic rings. The minimum atomic E-state index is -0.973. The van der Waals surface area contributed by atoms with Crippen LogP contribution in [0.4, 0.5) is 0 Å². The number of aliphatic hydroxyl groups is 2. The molecule has 6 heteroatoms. The summed E-state index contributed by atoms with van der Waals surface area (Å²) in [4.78, 5) is 10.9. The molecule has 0 bridgehead atoms. The van der Waals surface area contributed by atoms with E-state index in [0.717, 1.165) is 0 Å². The van der Waals surface area contributed by atoms with E-state index in [1.165, 1.54) is 0 Å². The van der Waals surface area contributed by atoms with Crippen LogP contribution >= 0.6 is 0 Å². The fraction of sp³-hybridized carbons (Fsp3) is 0.667. The standard InChI is InChI=1S/C9H12O6/c1-9(2)13-3-4(15-9)7-5(10)6(11)8(12)14-7/h4,7,10-11H,3H2,1-2H3. The Balaban J connectivity index is 2.12. The second-order valence-corrected chi connectivity index (χ2v) is 3.93. The van der Waals surface area contributed by atoms with Crippen LogP contribution in [0.15, 0.2) is 11.5 Å². The van der Waals surface area contributed by atoms with Gasteiger partial charge in [0, 0.05) is 0 Å². The first kappa shape index (κ1) is 10.3. The van der Waals surface area contributed by atoms with Gasteiger partial charge in [-0.05, 0) is 13.8 Å². The molecule has 0 aliphatic carbocycles. The molecule has 2 atom stereocenters. The molecule has 0 radical (unpaired) electrons. The topological polar surface area (TPSA) is 85.2 Å². The molecule has 0 aromatic heterocycles. The Morgan fingerprint density at radius 3 is 2.47 bits per heavy atom. The van der Waals surface area contributed by atoms with Crippen LogP contribution in [0.1, 0.15) is 13.8 Å². The lowest BCUT2D eigenvalue weighted by atomic mass is 10.2. The second kappa shape index (κ2) is 3.11. The minimum Gasteiger partial charge on any atom is -0.505 e. The van der Waals surface area contributed by atoms with Gasteiger partial charge in [-0.2, -0.15) is 0 Å². The van der Waals surface area contributed by atoms with E-state index in [2.05, 4.69) is 0 Å². The SMILES string of the molecule is CC1(C)OCC(C2OC(=O)C(O)=C2O)O1. The second-order valence-electron chi connectivity index (χ2n) is 3.93. The van der Waals surface area contributed by atoms with Crippen molar-refractivity contribution >= 4 is 5.97 Å². The third kappa shape index (κ3) is 1.66. The van der Waals surface area contributed by atoms with Gasteiger partial charge < -0.3 is 24.4 Å². The summed E-state index contributed by atoms with van der Waals surface area (Å²) in [5, 5.41) is 18.5. The van der Waals surface area contributed by atoms with E-state index in [4.69, 9.17) is 19.3 Å². The number of rotatable bonds is 1. The molecule has 2 aliphatic heterocycles. The molecule has 15 heavy (non-hydrogen) atoms. The maximum atomic E-state index is 10.9. The zero-order valence-electron chi connectivity index (χ0n) is 8.39. The molecule has 0 saturated carbocycles. The summed E-state index contributed by atoms with van der Waals surface area (Å²) < 4.78 is 15.4. The van der Waals surface area contributed by atoms with E-state index < -0.39 is 35.5 Å². The van der Waals surface area contributed by atoms with Crippen LogP contribution < -0.4 is 0 Å². The van der Waals surface area contributed by atoms with Crippen molar-refractivity contribution in [2.24, 2.45) is 0 Å². The first-order valence-corrected chi connectivity index (χ1v) is 4.55. The quantitative estimate of drug-likeness (QED) is 0.617. The number of ether oxygens (including phenoxy) is 3. The Morgan fingerprint density at radius 2 is 2.07 bits per heavy atom. The predicted octanol–water partition coefficient (Wildman–Crippen LogP) is 0.391. The van der Waals surface area contributed by atoms with Crippen molar-refractivity contribution in [1.82, 2.24) is 0 Å². The molecule has 0 aromatic carbocycles. The summed E-state index contributed by atoms with van der Waals surface area (Å²) in [6.45, 7) is 3.62. The molecular weight excluding hydrogens is 204 g/mol. The number of cyclic esters (lactones) is 1. The Hall–Kier alpha value is -1.27. The molecule has 1 fully saturated rings. The van der Waals surface area contributed by atoms with E-state index in [1.807, 2.05) is 0 Å². The highest BCUT2D eigenvalue weighted by atomic mass is 16.8. The lowest BCUT2D eigenvalue weighted by Gasteiger charge is -2.19. The van der Waals surface area contributed by atoms with E-state index in [1.54, 1.807) is 13.8 Å². The van der Waals surface area contributed by atoms with Crippen molar-refractivity contribution in [1.29, 1.82) is 0 Å².